The van der Waals surface area contributed by atoms with Crippen molar-refractivity contribution in [1.82, 2.24) is 10.2 Å². The molecule has 0 aromatic heterocycles. The van der Waals surface area contributed by atoms with Gasteiger partial charge in [-0.25, -0.2) is 4.79 Å². The number of nitrogens with one attached hydrogen (secondary N) is 1. The van der Waals surface area contributed by atoms with Crippen LogP contribution in [0.4, 0.5) is 4.79 Å². The molecular formula is C16H22N2O2. The number of benzene rings is 1. The van der Waals surface area contributed by atoms with E-state index in [0.717, 1.165) is 57.7 Å². The predicted molar refractivity (Wildman–Crippen MR) is 78.0 cm³/mol. The largest absolute Gasteiger partial charge is 0.493 e. The van der Waals surface area contributed by atoms with Crippen molar-refractivity contribution in [1.29, 1.82) is 0 Å². The van der Waals surface area contributed by atoms with Crippen molar-refractivity contribution in [2.24, 2.45) is 5.92 Å². The highest BCUT2D eigenvalue weighted by molar-refractivity contribution is 5.74. The van der Waals surface area contributed by atoms with Crippen LogP contribution in [-0.2, 0) is 6.42 Å². The van der Waals surface area contributed by atoms with Gasteiger partial charge in [-0.15, -0.1) is 0 Å². The van der Waals surface area contributed by atoms with Gasteiger partial charge in [-0.1, -0.05) is 18.2 Å². The molecule has 1 saturated heterocycles. The lowest BCUT2D eigenvalue weighted by molar-refractivity contribution is 0.205. The molecule has 4 nitrogen and oxygen atoms in total. The highest BCUT2D eigenvalue weighted by atomic mass is 16.5. The van der Waals surface area contributed by atoms with E-state index in [1.54, 1.807) is 0 Å². The van der Waals surface area contributed by atoms with Crippen LogP contribution in [-0.4, -0.2) is 37.2 Å². The fourth-order valence-corrected chi connectivity index (χ4v) is 3.00. The van der Waals surface area contributed by atoms with Crippen LogP contribution in [0.15, 0.2) is 24.3 Å². The van der Waals surface area contributed by atoms with Gasteiger partial charge in [0.15, 0.2) is 0 Å². The molecule has 0 bridgehead atoms. The lowest BCUT2D eigenvalue weighted by Crippen LogP contribution is -2.40. The molecule has 0 saturated carbocycles. The topological polar surface area (TPSA) is 41.6 Å². The van der Waals surface area contributed by atoms with Gasteiger partial charge in [0, 0.05) is 19.6 Å². The summed E-state index contributed by atoms with van der Waals surface area (Å²) in [6.45, 7) is 3.29. The maximum Gasteiger partial charge on any atom is 0.317 e. The highest BCUT2D eigenvalue weighted by Crippen LogP contribution is 2.26. The maximum atomic E-state index is 12.0. The molecule has 1 aromatic rings. The normalized spacial score (nSPS) is 21.8. The molecule has 2 amide bonds. The maximum absolute atomic E-state index is 12.0. The Morgan fingerprint density at radius 1 is 1.30 bits per heavy atom. The van der Waals surface area contributed by atoms with Crippen LogP contribution in [0.1, 0.15) is 24.8 Å². The van der Waals surface area contributed by atoms with Gasteiger partial charge in [0.2, 0.25) is 0 Å². The highest BCUT2D eigenvalue weighted by Gasteiger charge is 2.21. The second-order valence-corrected chi connectivity index (χ2v) is 5.70. The monoisotopic (exact) mass is 274 g/mol. The summed E-state index contributed by atoms with van der Waals surface area (Å²) in [5.41, 5.74) is 1.26. The first kappa shape index (κ1) is 13.3. The summed E-state index contributed by atoms with van der Waals surface area (Å²) < 4.78 is 5.76. The summed E-state index contributed by atoms with van der Waals surface area (Å²) >= 11 is 0. The van der Waals surface area contributed by atoms with E-state index >= 15 is 0 Å². The van der Waals surface area contributed by atoms with Gasteiger partial charge in [-0.3, -0.25) is 0 Å². The number of carbonyl (C=O) groups is 1. The Hall–Kier alpha value is -1.71. The zero-order chi connectivity index (χ0) is 13.8. The van der Waals surface area contributed by atoms with Crippen molar-refractivity contribution in [2.45, 2.75) is 25.7 Å². The second-order valence-electron chi connectivity index (χ2n) is 5.70. The summed E-state index contributed by atoms with van der Waals surface area (Å²) in [5.74, 6) is 1.46. The predicted octanol–water partition coefficient (Wildman–Crippen LogP) is 2.43. The number of hydrogen-bond acceptors (Lipinski definition) is 2. The summed E-state index contributed by atoms with van der Waals surface area (Å²) in [5, 5.41) is 3.08. The number of likely N-dealkylation sites (tertiary alicyclic amines) is 1. The smallest absolute Gasteiger partial charge is 0.317 e. The third kappa shape index (κ3) is 3.06. The van der Waals surface area contributed by atoms with E-state index in [9.17, 15) is 4.79 Å². The van der Waals surface area contributed by atoms with Crippen molar-refractivity contribution in [3.8, 4) is 5.75 Å². The van der Waals surface area contributed by atoms with Gasteiger partial charge in [0.05, 0.1) is 6.61 Å². The Bertz CT molecular complexity index is 469. The standard InChI is InChI=1S/C16H22N2O2/c19-16(18-8-3-4-9-18)17-12-13-7-10-20-15-6-2-1-5-14(15)11-13/h1-2,5-6,13H,3-4,7-12H2,(H,17,19)/t13-/m0/s1. The van der Waals surface area contributed by atoms with Gasteiger partial charge in [0.1, 0.15) is 5.75 Å². The fraction of sp³-hybridized carbons (Fsp3) is 0.562. The quantitative estimate of drug-likeness (QED) is 0.900. The molecule has 0 unspecified atom stereocenters. The molecule has 2 heterocycles. The molecule has 0 radical (unpaired) electrons. The van der Waals surface area contributed by atoms with Crippen molar-refractivity contribution >= 4 is 6.03 Å². The third-order valence-corrected chi connectivity index (χ3v) is 4.20. The fourth-order valence-electron chi connectivity index (χ4n) is 3.00. The van der Waals surface area contributed by atoms with E-state index in [2.05, 4.69) is 11.4 Å². The molecule has 1 atom stereocenters. The van der Waals surface area contributed by atoms with E-state index in [1.807, 2.05) is 23.1 Å². The van der Waals surface area contributed by atoms with E-state index in [-0.39, 0.29) is 6.03 Å². The van der Waals surface area contributed by atoms with Crippen LogP contribution in [0.2, 0.25) is 0 Å². The van der Waals surface area contributed by atoms with E-state index in [0.29, 0.717) is 5.92 Å². The van der Waals surface area contributed by atoms with Crippen molar-refractivity contribution in [3.63, 3.8) is 0 Å². The number of rotatable bonds is 2. The van der Waals surface area contributed by atoms with E-state index < -0.39 is 0 Å². The minimum absolute atomic E-state index is 0.0981. The van der Waals surface area contributed by atoms with Crippen LogP contribution < -0.4 is 10.1 Å². The van der Waals surface area contributed by atoms with Gasteiger partial charge in [-0.05, 0) is 43.2 Å². The minimum atomic E-state index is 0.0981. The molecule has 0 spiro atoms. The van der Waals surface area contributed by atoms with Gasteiger partial charge < -0.3 is 15.0 Å². The molecule has 2 aliphatic rings. The van der Waals surface area contributed by atoms with Crippen molar-refractivity contribution in [3.05, 3.63) is 29.8 Å². The summed E-state index contributed by atoms with van der Waals surface area (Å²) in [6, 6.07) is 8.30. The number of para-hydroxylation sites is 1. The molecule has 3 rings (SSSR count). The van der Waals surface area contributed by atoms with Crippen LogP contribution in [0.25, 0.3) is 0 Å². The average Bonchev–Trinajstić information content (AvgIpc) is 2.92. The van der Waals surface area contributed by atoms with E-state index in [4.69, 9.17) is 4.74 Å². The number of ether oxygens (including phenoxy) is 1. The minimum Gasteiger partial charge on any atom is -0.493 e. The Morgan fingerprint density at radius 2 is 2.10 bits per heavy atom. The van der Waals surface area contributed by atoms with Crippen LogP contribution in [0, 0.1) is 5.92 Å². The van der Waals surface area contributed by atoms with Crippen LogP contribution >= 0.6 is 0 Å². The second kappa shape index (κ2) is 6.16. The molecule has 1 N–H and O–H groups in total. The average molecular weight is 274 g/mol. The molecule has 20 heavy (non-hydrogen) atoms. The van der Waals surface area contributed by atoms with Crippen LogP contribution in [0.3, 0.4) is 0 Å². The Kier molecular flexibility index (Phi) is 4.09. The summed E-state index contributed by atoms with van der Waals surface area (Å²) in [7, 11) is 0. The Labute approximate surface area is 120 Å². The van der Waals surface area contributed by atoms with Crippen LogP contribution in [0.5, 0.6) is 5.75 Å². The molecule has 4 heteroatoms. The summed E-state index contributed by atoms with van der Waals surface area (Å²) in [6.07, 6.45) is 4.25. The SMILES string of the molecule is O=C(NC[C@H]1CCOc2ccccc2C1)N1CCCC1. The first-order chi connectivity index (χ1) is 9.83. The lowest BCUT2D eigenvalue weighted by Gasteiger charge is -2.19. The number of fused-ring (bicyclic) bond motifs is 1. The molecular weight excluding hydrogens is 252 g/mol. The van der Waals surface area contributed by atoms with Gasteiger partial charge in [-0.2, -0.15) is 0 Å². The third-order valence-electron chi connectivity index (χ3n) is 4.20. The Morgan fingerprint density at radius 3 is 2.95 bits per heavy atom. The first-order valence-corrected chi connectivity index (χ1v) is 7.56. The molecule has 1 fully saturated rings. The number of urea groups is 1. The number of amides is 2. The number of nitrogens with zero attached hydrogens (tertiary/aromatic N) is 1. The molecule has 1 aromatic carbocycles. The zero-order valence-corrected chi connectivity index (χ0v) is 11.8. The van der Waals surface area contributed by atoms with Gasteiger partial charge >= 0.3 is 6.03 Å². The molecule has 108 valence electrons. The molecule has 0 aliphatic carbocycles. The van der Waals surface area contributed by atoms with Crippen molar-refractivity contribution in [2.75, 3.05) is 26.2 Å². The van der Waals surface area contributed by atoms with Crippen molar-refractivity contribution < 1.29 is 9.53 Å². The Balaban J connectivity index is 1.54. The number of carbonyl (C=O) groups excluding carboxylic acids is 1. The lowest BCUT2D eigenvalue weighted by atomic mass is 9.97. The zero-order valence-electron chi connectivity index (χ0n) is 11.8. The van der Waals surface area contributed by atoms with Gasteiger partial charge in [0.25, 0.3) is 0 Å². The first-order valence-electron chi connectivity index (χ1n) is 7.56. The molecule has 2 aliphatic heterocycles. The van der Waals surface area contributed by atoms with E-state index in [1.165, 1.54) is 5.56 Å². The number of hydrogen-bond donors (Lipinski definition) is 1. The summed E-state index contributed by atoms with van der Waals surface area (Å²) in [4.78, 5) is 13.9.